The minimum absolute atomic E-state index is 0.199. The number of hydrogen-bond acceptors (Lipinski definition) is 5. The third-order valence-electron chi connectivity index (χ3n) is 4.11. The fourth-order valence-corrected chi connectivity index (χ4v) is 2.65. The second-order valence-corrected chi connectivity index (χ2v) is 6.33. The molecule has 0 bridgehead atoms. The fraction of sp³-hybridized carbons (Fsp3) is 0.167. The van der Waals surface area contributed by atoms with Gasteiger partial charge in [0.15, 0.2) is 6.61 Å². The van der Waals surface area contributed by atoms with Crippen molar-refractivity contribution >= 4 is 11.9 Å². The highest BCUT2D eigenvalue weighted by atomic mass is 16.6. The topological polar surface area (TPSA) is 61.8 Å². The summed E-state index contributed by atoms with van der Waals surface area (Å²) >= 11 is 0. The van der Waals surface area contributed by atoms with Crippen LogP contribution < -0.4 is 9.47 Å². The van der Waals surface area contributed by atoms with Crippen molar-refractivity contribution in [2.24, 2.45) is 0 Å². The molecule has 0 saturated heterocycles. The molecule has 0 spiro atoms. The highest BCUT2D eigenvalue weighted by Gasteiger charge is 2.10. The third-order valence-corrected chi connectivity index (χ3v) is 4.11. The summed E-state index contributed by atoms with van der Waals surface area (Å²) < 4.78 is 15.8. The van der Waals surface area contributed by atoms with E-state index in [4.69, 9.17) is 14.2 Å². The van der Waals surface area contributed by atoms with Crippen molar-refractivity contribution in [3.8, 4) is 11.5 Å². The molecule has 0 aliphatic heterocycles. The smallest absolute Gasteiger partial charge is 0.349 e. The van der Waals surface area contributed by atoms with Crippen LogP contribution in [-0.2, 0) is 16.0 Å². The van der Waals surface area contributed by atoms with E-state index < -0.39 is 11.9 Å². The van der Waals surface area contributed by atoms with Crippen molar-refractivity contribution in [3.63, 3.8) is 0 Å². The lowest BCUT2D eigenvalue weighted by Gasteiger charge is -2.08. The van der Waals surface area contributed by atoms with Gasteiger partial charge in [-0.05, 0) is 54.8 Å². The summed E-state index contributed by atoms with van der Waals surface area (Å²) in [7, 11) is 0. The van der Waals surface area contributed by atoms with E-state index in [9.17, 15) is 9.59 Å². The molecule has 0 N–H and O–H groups in total. The summed E-state index contributed by atoms with van der Waals surface area (Å²) in [5.41, 5.74) is 1.62. The predicted molar refractivity (Wildman–Crippen MR) is 109 cm³/mol. The Morgan fingerprint density at radius 2 is 1.38 bits per heavy atom. The first-order chi connectivity index (χ1) is 14.2. The van der Waals surface area contributed by atoms with Crippen LogP contribution in [0.15, 0.2) is 84.9 Å². The average Bonchev–Trinajstić information content (AvgIpc) is 2.77. The second-order valence-electron chi connectivity index (χ2n) is 6.33. The SMILES string of the molecule is O=C(COc1ccccc1)Oc1ccc(C(=O)OCCCc2ccccc2)cc1. The zero-order chi connectivity index (χ0) is 20.3. The van der Waals surface area contributed by atoms with Gasteiger partial charge in [0.2, 0.25) is 0 Å². The molecule has 0 saturated carbocycles. The summed E-state index contributed by atoms with van der Waals surface area (Å²) in [6.45, 7) is 0.149. The predicted octanol–water partition coefficient (Wildman–Crippen LogP) is 4.46. The molecule has 0 aromatic heterocycles. The molecule has 5 heteroatoms. The van der Waals surface area contributed by atoms with Gasteiger partial charge in [-0.25, -0.2) is 9.59 Å². The molecular weight excluding hydrogens is 368 g/mol. The minimum Gasteiger partial charge on any atom is -0.482 e. The van der Waals surface area contributed by atoms with Crippen LogP contribution in [0.25, 0.3) is 0 Å². The number of esters is 2. The highest BCUT2D eigenvalue weighted by molar-refractivity contribution is 5.89. The number of carbonyl (C=O) groups excluding carboxylic acids is 2. The summed E-state index contributed by atoms with van der Waals surface area (Å²) in [6.07, 6.45) is 1.61. The van der Waals surface area contributed by atoms with E-state index in [1.807, 2.05) is 48.5 Å². The number of para-hydroxylation sites is 1. The molecule has 148 valence electrons. The molecule has 5 nitrogen and oxygen atoms in total. The summed E-state index contributed by atoms with van der Waals surface area (Å²) in [6, 6.07) is 25.3. The zero-order valence-electron chi connectivity index (χ0n) is 16.0. The van der Waals surface area contributed by atoms with Crippen LogP contribution in [0, 0.1) is 0 Å². The zero-order valence-corrected chi connectivity index (χ0v) is 16.0. The summed E-state index contributed by atoms with van der Waals surface area (Å²) in [5, 5.41) is 0. The monoisotopic (exact) mass is 390 g/mol. The molecular formula is C24H22O5. The van der Waals surface area contributed by atoms with Gasteiger partial charge in [0.05, 0.1) is 12.2 Å². The summed E-state index contributed by atoms with van der Waals surface area (Å²) in [5.74, 6) is 0.00976. The van der Waals surface area contributed by atoms with E-state index in [0.29, 0.717) is 23.7 Å². The largest absolute Gasteiger partial charge is 0.482 e. The highest BCUT2D eigenvalue weighted by Crippen LogP contribution is 2.14. The Balaban J connectivity index is 1.39. The first kappa shape index (κ1) is 20.1. The van der Waals surface area contributed by atoms with Crippen LogP contribution in [0.4, 0.5) is 0 Å². The number of aryl methyl sites for hydroxylation is 1. The lowest BCUT2D eigenvalue weighted by Crippen LogP contribution is -2.17. The Morgan fingerprint density at radius 1 is 0.724 bits per heavy atom. The average molecular weight is 390 g/mol. The molecule has 3 aromatic rings. The van der Waals surface area contributed by atoms with Crippen LogP contribution in [0.5, 0.6) is 11.5 Å². The van der Waals surface area contributed by atoms with Gasteiger partial charge in [0.1, 0.15) is 11.5 Å². The van der Waals surface area contributed by atoms with Crippen molar-refractivity contribution in [3.05, 3.63) is 96.1 Å². The van der Waals surface area contributed by atoms with E-state index in [1.165, 1.54) is 5.56 Å². The molecule has 0 unspecified atom stereocenters. The molecule has 29 heavy (non-hydrogen) atoms. The lowest BCUT2D eigenvalue weighted by molar-refractivity contribution is -0.136. The Hall–Kier alpha value is -3.60. The van der Waals surface area contributed by atoms with Crippen molar-refractivity contribution < 1.29 is 23.8 Å². The minimum atomic E-state index is -0.523. The molecule has 0 fully saturated rings. The number of hydrogen-bond donors (Lipinski definition) is 0. The van der Waals surface area contributed by atoms with Crippen LogP contribution >= 0.6 is 0 Å². The summed E-state index contributed by atoms with van der Waals surface area (Å²) in [4.78, 5) is 24.0. The van der Waals surface area contributed by atoms with E-state index in [2.05, 4.69) is 0 Å². The Kier molecular flexibility index (Phi) is 7.41. The van der Waals surface area contributed by atoms with Gasteiger partial charge in [0, 0.05) is 0 Å². The first-order valence-electron chi connectivity index (χ1n) is 9.40. The number of rotatable bonds is 9. The molecule has 0 heterocycles. The maximum atomic E-state index is 12.1. The Labute approximate surface area is 169 Å². The standard InChI is InChI=1S/C24H22O5/c25-23(18-28-21-11-5-2-6-12-21)29-22-15-13-20(14-16-22)24(26)27-17-7-10-19-8-3-1-4-9-19/h1-6,8-9,11-16H,7,10,17-18H2. The number of carbonyl (C=O) groups is 2. The molecule has 3 rings (SSSR count). The van der Waals surface area contributed by atoms with Crippen molar-refractivity contribution in [1.29, 1.82) is 0 Å². The maximum absolute atomic E-state index is 12.1. The van der Waals surface area contributed by atoms with E-state index in [1.54, 1.807) is 36.4 Å². The van der Waals surface area contributed by atoms with Crippen LogP contribution in [0.2, 0.25) is 0 Å². The number of benzene rings is 3. The van der Waals surface area contributed by atoms with Crippen molar-refractivity contribution in [2.45, 2.75) is 12.8 Å². The first-order valence-corrected chi connectivity index (χ1v) is 9.40. The molecule has 0 amide bonds. The van der Waals surface area contributed by atoms with Gasteiger partial charge in [-0.3, -0.25) is 0 Å². The Bertz CT molecular complexity index is 905. The molecule has 0 atom stereocenters. The van der Waals surface area contributed by atoms with E-state index in [0.717, 1.165) is 12.8 Å². The van der Waals surface area contributed by atoms with Gasteiger partial charge >= 0.3 is 11.9 Å². The third kappa shape index (κ3) is 6.81. The van der Waals surface area contributed by atoms with Gasteiger partial charge in [-0.1, -0.05) is 48.5 Å². The van der Waals surface area contributed by atoms with Crippen molar-refractivity contribution in [2.75, 3.05) is 13.2 Å². The van der Waals surface area contributed by atoms with Gasteiger partial charge in [-0.2, -0.15) is 0 Å². The van der Waals surface area contributed by atoms with Gasteiger partial charge in [-0.15, -0.1) is 0 Å². The van der Waals surface area contributed by atoms with Gasteiger partial charge < -0.3 is 14.2 Å². The lowest BCUT2D eigenvalue weighted by atomic mass is 10.1. The quantitative estimate of drug-likeness (QED) is 0.307. The second kappa shape index (κ2) is 10.7. The normalized spacial score (nSPS) is 10.2. The van der Waals surface area contributed by atoms with Crippen LogP contribution in [0.1, 0.15) is 22.3 Å². The molecule has 0 radical (unpaired) electrons. The molecule has 0 aliphatic carbocycles. The van der Waals surface area contributed by atoms with Gasteiger partial charge in [0.25, 0.3) is 0 Å². The molecule has 0 aliphatic rings. The van der Waals surface area contributed by atoms with Crippen LogP contribution in [0.3, 0.4) is 0 Å². The molecule has 3 aromatic carbocycles. The van der Waals surface area contributed by atoms with Crippen molar-refractivity contribution in [1.82, 2.24) is 0 Å². The fourth-order valence-electron chi connectivity index (χ4n) is 2.65. The maximum Gasteiger partial charge on any atom is 0.349 e. The van der Waals surface area contributed by atoms with E-state index >= 15 is 0 Å². The number of ether oxygens (including phenoxy) is 3. The Morgan fingerprint density at radius 3 is 2.07 bits per heavy atom. The van der Waals surface area contributed by atoms with E-state index in [-0.39, 0.29) is 6.61 Å². The van der Waals surface area contributed by atoms with Crippen LogP contribution in [-0.4, -0.2) is 25.2 Å².